The van der Waals surface area contributed by atoms with Gasteiger partial charge >= 0.3 is 0 Å². The molecule has 3 amide bonds. The summed E-state index contributed by atoms with van der Waals surface area (Å²) in [6.07, 6.45) is 5.87. The lowest BCUT2D eigenvalue weighted by atomic mass is 9.89. The van der Waals surface area contributed by atoms with E-state index >= 15 is 0 Å². The molecule has 1 aromatic carbocycles. The summed E-state index contributed by atoms with van der Waals surface area (Å²) in [5.74, 6) is -0.368. The van der Waals surface area contributed by atoms with Gasteiger partial charge in [-0.05, 0) is 56.9 Å². The van der Waals surface area contributed by atoms with E-state index in [9.17, 15) is 14.4 Å². The predicted molar refractivity (Wildman–Crippen MR) is 117 cm³/mol. The lowest BCUT2D eigenvalue weighted by Crippen LogP contribution is -2.43. The summed E-state index contributed by atoms with van der Waals surface area (Å²) in [7, 11) is 0. The molecular weight excluding hydrogens is 394 g/mol. The first-order chi connectivity index (χ1) is 14.9. The monoisotopic (exact) mass is 423 g/mol. The van der Waals surface area contributed by atoms with Gasteiger partial charge in [0.25, 0.3) is 5.91 Å². The topological polar surface area (TPSA) is 97.4 Å². The maximum Gasteiger partial charge on any atom is 0.260 e. The first-order valence-electron chi connectivity index (χ1n) is 11.1. The van der Waals surface area contributed by atoms with Crippen LogP contribution in [-0.4, -0.2) is 34.9 Å². The fraction of sp³-hybridized carbons (Fsp3) is 0.500. The molecule has 1 saturated carbocycles. The van der Waals surface area contributed by atoms with Crippen LogP contribution in [0.15, 0.2) is 24.3 Å². The van der Waals surface area contributed by atoms with E-state index in [1.165, 1.54) is 6.42 Å². The highest BCUT2D eigenvalue weighted by molar-refractivity contribution is 6.01. The van der Waals surface area contributed by atoms with Crippen molar-refractivity contribution in [1.29, 1.82) is 0 Å². The highest BCUT2D eigenvalue weighted by atomic mass is 16.5. The molecule has 2 atom stereocenters. The van der Waals surface area contributed by atoms with Crippen molar-refractivity contribution in [2.75, 3.05) is 0 Å². The lowest BCUT2D eigenvalue weighted by Gasteiger charge is -2.24. The number of ether oxygens (including phenoxy) is 1. The summed E-state index contributed by atoms with van der Waals surface area (Å²) in [6, 6.07) is 7.73. The van der Waals surface area contributed by atoms with Crippen molar-refractivity contribution in [2.24, 2.45) is 0 Å². The van der Waals surface area contributed by atoms with Crippen LogP contribution in [0.5, 0.6) is 5.75 Å². The second-order valence-electron chi connectivity index (χ2n) is 8.62. The number of carbonyl (C=O) groups is 3. The molecule has 1 aliphatic heterocycles. The van der Waals surface area contributed by atoms with Gasteiger partial charge in [-0.15, -0.1) is 0 Å². The Morgan fingerprint density at radius 3 is 2.68 bits per heavy atom. The largest absolute Gasteiger partial charge is 0.481 e. The normalized spacial score (nSPS) is 20.9. The van der Waals surface area contributed by atoms with Gasteiger partial charge < -0.3 is 10.1 Å². The number of nitrogens with zero attached hydrogens (tertiary/aromatic N) is 1. The first-order valence-corrected chi connectivity index (χ1v) is 11.1. The molecule has 2 heterocycles. The van der Waals surface area contributed by atoms with E-state index < -0.39 is 6.10 Å². The van der Waals surface area contributed by atoms with Gasteiger partial charge in [0.05, 0.1) is 11.4 Å². The quantitative estimate of drug-likeness (QED) is 0.720. The van der Waals surface area contributed by atoms with E-state index in [-0.39, 0.29) is 29.7 Å². The van der Waals surface area contributed by atoms with Gasteiger partial charge in [0.1, 0.15) is 5.75 Å². The molecule has 1 aromatic heterocycles. The van der Waals surface area contributed by atoms with E-state index in [1.807, 2.05) is 31.2 Å². The molecule has 31 heavy (non-hydrogen) atoms. The second kappa shape index (κ2) is 9.04. The Kier molecular flexibility index (Phi) is 6.20. The van der Waals surface area contributed by atoms with Crippen molar-refractivity contribution in [3.05, 3.63) is 35.5 Å². The average Bonchev–Trinajstić information content (AvgIpc) is 2.74. The molecule has 164 valence electrons. The van der Waals surface area contributed by atoms with Crippen LogP contribution in [0.25, 0.3) is 10.9 Å². The molecule has 2 aromatic rings. The zero-order valence-corrected chi connectivity index (χ0v) is 18.1. The number of amides is 3. The molecule has 2 fully saturated rings. The summed E-state index contributed by atoms with van der Waals surface area (Å²) < 4.78 is 5.89. The molecule has 2 unspecified atom stereocenters. The van der Waals surface area contributed by atoms with Crippen molar-refractivity contribution in [2.45, 2.75) is 76.9 Å². The number of hydrogen-bond acceptors (Lipinski definition) is 5. The highest BCUT2D eigenvalue weighted by Gasteiger charge is 2.29. The lowest BCUT2D eigenvalue weighted by molar-refractivity contribution is -0.134. The van der Waals surface area contributed by atoms with E-state index in [1.54, 1.807) is 6.92 Å². The Labute approximate surface area is 181 Å². The molecule has 2 N–H and O–H groups in total. The van der Waals surface area contributed by atoms with Crippen molar-refractivity contribution >= 4 is 28.6 Å². The number of hydrogen-bond donors (Lipinski definition) is 2. The van der Waals surface area contributed by atoms with Crippen LogP contribution in [0, 0.1) is 6.92 Å². The van der Waals surface area contributed by atoms with Gasteiger partial charge in [0, 0.05) is 29.6 Å². The standard InChI is InChI=1S/C24H29N3O4/c1-14-20(19-10-11-22(28)27-24(19)30)12-16-8-9-18(13-21(16)25-14)31-15(2)23(29)26-17-6-4-3-5-7-17/h8-9,12-13,15,17,19H,3-7,10-11H2,1-2H3,(H,26,29)(H,27,28,30). The van der Waals surface area contributed by atoms with Gasteiger partial charge in [0.2, 0.25) is 11.8 Å². The van der Waals surface area contributed by atoms with Crippen LogP contribution >= 0.6 is 0 Å². The van der Waals surface area contributed by atoms with Crippen LogP contribution in [0.4, 0.5) is 0 Å². The van der Waals surface area contributed by atoms with Crippen LogP contribution in [0.3, 0.4) is 0 Å². The van der Waals surface area contributed by atoms with Gasteiger partial charge in [0.15, 0.2) is 6.10 Å². The average molecular weight is 424 g/mol. The molecule has 4 rings (SSSR count). The third-order valence-corrected chi connectivity index (χ3v) is 6.27. The van der Waals surface area contributed by atoms with E-state index in [4.69, 9.17) is 4.74 Å². The number of nitrogens with one attached hydrogen (secondary N) is 2. The van der Waals surface area contributed by atoms with Gasteiger partial charge in [-0.1, -0.05) is 19.3 Å². The maximum atomic E-state index is 12.5. The number of carbonyl (C=O) groups excluding carboxylic acids is 3. The summed E-state index contributed by atoms with van der Waals surface area (Å²) in [6.45, 7) is 3.62. The van der Waals surface area contributed by atoms with Crippen LogP contribution < -0.4 is 15.4 Å². The molecule has 0 radical (unpaired) electrons. The molecule has 1 aliphatic carbocycles. The molecule has 7 heteroatoms. The Morgan fingerprint density at radius 1 is 1.16 bits per heavy atom. The number of imide groups is 1. The summed E-state index contributed by atoms with van der Waals surface area (Å²) in [5, 5.41) is 6.39. The van der Waals surface area contributed by atoms with E-state index in [0.29, 0.717) is 18.6 Å². The minimum Gasteiger partial charge on any atom is -0.481 e. The third-order valence-electron chi connectivity index (χ3n) is 6.27. The van der Waals surface area contributed by atoms with Crippen LogP contribution in [0.1, 0.15) is 69.0 Å². The van der Waals surface area contributed by atoms with Gasteiger partial charge in [-0.3, -0.25) is 24.7 Å². The Bertz CT molecular complexity index is 1010. The fourth-order valence-electron chi connectivity index (χ4n) is 4.50. The molecular formula is C24H29N3O4. The molecule has 7 nitrogen and oxygen atoms in total. The summed E-state index contributed by atoms with van der Waals surface area (Å²) in [4.78, 5) is 40.9. The molecule has 0 spiro atoms. The zero-order chi connectivity index (χ0) is 22.0. The van der Waals surface area contributed by atoms with Gasteiger partial charge in [-0.25, -0.2) is 0 Å². The summed E-state index contributed by atoms with van der Waals surface area (Å²) >= 11 is 0. The number of fused-ring (bicyclic) bond motifs is 1. The maximum absolute atomic E-state index is 12.5. The minimum atomic E-state index is -0.594. The fourth-order valence-corrected chi connectivity index (χ4v) is 4.50. The van der Waals surface area contributed by atoms with Crippen molar-refractivity contribution in [1.82, 2.24) is 15.6 Å². The smallest absolute Gasteiger partial charge is 0.260 e. The number of rotatable bonds is 5. The Balaban J connectivity index is 1.47. The van der Waals surface area contributed by atoms with Crippen LogP contribution in [0.2, 0.25) is 0 Å². The van der Waals surface area contributed by atoms with Crippen LogP contribution in [-0.2, 0) is 14.4 Å². The summed E-state index contributed by atoms with van der Waals surface area (Å²) in [5.41, 5.74) is 2.33. The van der Waals surface area contributed by atoms with Crippen molar-refractivity contribution in [3.63, 3.8) is 0 Å². The molecule has 2 aliphatic rings. The second-order valence-corrected chi connectivity index (χ2v) is 8.62. The highest BCUT2D eigenvalue weighted by Crippen LogP contribution is 2.30. The number of pyridine rings is 1. The number of aryl methyl sites for hydroxylation is 1. The number of benzene rings is 1. The van der Waals surface area contributed by atoms with Crippen molar-refractivity contribution < 1.29 is 19.1 Å². The minimum absolute atomic E-state index is 0.0932. The van der Waals surface area contributed by atoms with Crippen molar-refractivity contribution in [3.8, 4) is 5.75 Å². The van der Waals surface area contributed by atoms with E-state index in [2.05, 4.69) is 15.6 Å². The Hall–Kier alpha value is -2.96. The number of piperidine rings is 1. The van der Waals surface area contributed by atoms with Gasteiger partial charge in [-0.2, -0.15) is 0 Å². The third kappa shape index (κ3) is 4.86. The molecule has 0 bridgehead atoms. The number of aromatic nitrogens is 1. The van der Waals surface area contributed by atoms with E-state index in [0.717, 1.165) is 47.8 Å². The Morgan fingerprint density at radius 2 is 1.94 bits per heavy atom. The SMILES string of the molecule is Cc1nc2cc(OC(C)C(=O)NC3CCCCC3)ccc2cc1C1CCC(=O)NC1=O. The molecule has 1 saturated heterocycles. The predicted octanol–water partition coefficient (Wildman–Crippen LogP) is 3.28. The first kappa shape index (κ1) is 21.3. The zero-order valence-electron chi connectivity index (χ0n) is 18.1.